The molecular formula is C25H19F3N4O4. The summed E-state index contributed by atoms with van der Waals surface area (Å²) in [6, 6.07) is 12.2. The molecule has 2 aliphatic heterocycles. The Bertz CT molecular complexity index is 1390. The van der Waals surface area contributed by atoms with Crippen LogP contribution in [-0.4, -0.2) is 41.4 Å². The average molecular weight is 496 g/mol. The second-order valence-corrected chi connectivity index (χ2v) is 8.47. The molecule has 3 aromatic rings. The number of pyridine rings is 1. The monoisotopic (exact) mass is 496 g/mol. The third kappa shape index (κ3) is 3.82. The van der Waals surface area contributed by atoms with Crippen molar-refractivity contribution in [3.05, 3.63) is 83.0 Å². The van der Waals surface area contributed by atoms with E-state index in [1.807, 2.05) is 0 Å². The molecule has 2 N–H and O–H groups in total. The summed E-state index contributed by atoms with van der Waals surface area (Å²) < 4.78 is 45.5. The molecule has 0 saturated carbocycles. The molecule has 0 radical (unpaired) electrons. The maximum Gasteiger partial charge on any atom is 0.418 e. The van der Waals surface area contributed by atoms with Crippen LogP contribution < -0.4 is 15.4 Å². The normalized spacial score (nSPS) is 19.2. The van der Waals surface area contributed by atoms with E-state index in [0.29, 0.717) is 16.9 Å². The van der Waals surface area contributed by atoms with Gasteiger partial charge >= 0.3 is 12.2 Å². The van der Waals surface area contributed by atoms with Crippen LogP contribution in [0.15, 0.2) is 60.8 Å². The van der Waals surface area contributed by atoms with Gasteiger partial charge in [-0.1, -0.05) is 30.3 Å². The van der Waals surface area contributed by atoms with E-state index in [1.54, 1.807) is 18.2 Å². The summed E-state index contributed by atoms with van der Waals surface area (Å²) >= 11 is 0. The number of alkyl halides is 3. The molecule has 11 heteroatoms. The first-order chi connectivity index (χ1) is 17.1. The van der Waals surface area contributed by atoms with Gasteiger partial charge in [0.1, 0.15) is 5.75 Å². The number of aromatic nitrogens is 1. The SMILES string of the molecule is COc1ccc2c(c1)C(=O)N(CC1(c3ccc(-c4ncccc4C(F)(F)F)cc3)NC(=O)NC1=O)C2. The number of carbonyl (C=O) groups is 3. The summed E-state index contributed by atoms with van der Waals surface area (Å²) in [6.45, 7) is 0.0289. The van der Waals surface area contributed by atoms with Crippen LogP contribution in [0.2, 0.25) is 0 Å². The summed E-state index contributed by atoms with van der Waals surface area (Å²) in [5, 5.41) is 4.81. The van der Waals surface area contributed by atoms with Crippen molar-refractivity contribution >= 4 is 17.8 Å². The fourth-order valence-electron chi connectivity index (χ4n) is 4.56. The average Bonchev–Trinajstić information content (AvgIpc) is 3.33. The van der Waals surface area contributed by atoms with Crippen molar-refractivity contribution in [2.24, 2.45) is 0 Å². The van der Waals surface area contributed by atoms with E-state index in [-0.39, 0.29) is 30.3 Å². The molecule has 1 fully saturated rings. The van der Waals surface area contributed by atoms with E-state index < -0.39 is 29.2 Å². The first-order valence-corrected chi connectivity index (χ1v) is 10.9. The molecule has 184 valence electrons. The maximum absolute atomic E-state index is 13.5. The van der Waals surface area contributed by atoms with Gasteiger partial charge in [-0.2, -0.15) is 13.2 Å². The number of ether oxygens (including phenoxy) is 1. The topological polar surface area (TPSA) is 101 Å². The van der Waals surface area contributed by atoms with Crippen molar-refractivity contribution in [2.45, 2.75) is 18.3 Å². The molecular weight excluding hydrogens is 477 g/mol. The molecule has 3 heterocycles. The lowest BCUT2D eigenvalue weighted by Gasteiger charge is -2.31. The molecule has 1 aromatic heterocycles. The number of amides is 4. The van der Waals surface area contributed by atoms with Gasteiger partial charge < -0.3 is 15.0 Å². The van der Waals surface area contributed by atoms with Crippen molar-refractivity contribution in [3.63, 3.8) is 0 Å². The second kappa shape index (κ2) is 8.36. The smallest absolute Gasteiger partial charge is 0.418 e. The van der Waals surface area contributed by atoms with Gasteiger partial charge in [0.05, 0.1) is 24.9 Å². The number of nitrogens with zero attached hydrogens (tertiary/aromatic N) is 2. The van der Waals surface area contributed by atoms with Crippen LogP contribution in [0.4, 0.5) is 18.0 Å². The van der Waals surface area contributed by atoms with Gasteiger partial charge in [0.2, 0.25) is 0 Å². The molecule has 4 amide bonds. The van der Waals surface area contributed by atoms with E-state index in [4.69, 9.17) is 4.74 Å². The van der Waals surface area contributed by atoms with Gasteiger partial charge in [0.15, 0.2) is 5.54 Å². The summed E-state index contributed by atoms with van der Waals surface area (Å²) in [6.07, 6.45) is -3.34. The first kappa shape index (κ1) is 23.3. The van der Waals surface area contributed by atoms with E-state index in [0.717, 1.165) is 11.6 Å². The van der Waals surface area contributed by atoms with Crippen molar-refractivity contribution in [1.82, 2.24) is 20.5 Å². The van der Waals surface area contributed by atoms with Gasteiger partial charge in [0, 0.05) is 23.9 Å². The lowest BCUT2D eigenvalue weighted by atomic mass is 9.88. The Balaban J connectivity index is 1.49. The molecule has 1 atom stereocenters. The second-order valence-electron chi connectivity index (χ2n) is 8.47. The van der Waals surface area contributed by atoms with Crippen LogP contribution in [0.25, 0.3) is 11.3 Å². The fraction of sp³-hybridized carbons (Fsp3) is 0.200. The zero-order valence-electron chi connectivity index (χ0n) is 18.8. The Morgan fingerprint density at radius 3 is 2.47 bits per heavy atom. The maximum atomic E-state index is 13.5. The summed E-state index contributed by atoms with van der Waals surface area (Å²) in [5.41, 5.74) is -1.12. The Morgan fingerprint density at radius 2 is 1.83 bits per heavy atom. The van der Waals surface area contributed by atoms with Crippen LogP contribution in [0.1, 0.15) is 27.0 Å². The van der Waals surface area contributed by atoms with Crippen molar-refractivity contribution in [3.8, 4) is 17.0 Å². The Morgan fingerprint density at radius 1 is 1.08 bits per heavy atom. The molecule has 0 spiro atoms. The molecule has 36 heavy (non-hydrogen) atoms. The minimum Gasteiger partial charge on any atom is -0.497 e. The molecule has 0 bridgehead atoms. The minimum atomic E-state index is -4.60. The molecule has 2 aromatic carbocycles. The zero-order valence-corrected chi connectivity index (χ0v) is 18.8. The molecule has 5 rings (SSSR count). The summed E-state index contributed by atoms with van der Waals surface area (Å²) in [5.74, 6) is -0.499. The van der Waals surface area contributed by atoms with Gasteiger partial charge in [-0.25, -0.2) is 4.79 Å². The number of imide groups is 1. The number of urea groups is 1. The van der Waals surface area contributed by atoms with E-state index in [9.17, 15) is 27.6 Å². The number of halogens is 3. The number of methoxy groups -OCH3 is 1. The number of fused-ring (bicyclic) bond motifs is 1. The highest BCUT2D eigenvalue weighted by Gasteiger charge is 2.50. The van der Waals surface area contributed by atoms with Crippen LogP contribution in [0.5, 0.6) is 5.75 Å². The van der Waals surface area contributed by atoms with E-state index in [1.165, 1.54) is 48.5 Å². The van der Waals surface area contributed by atoms with Gasteiger partial charge in [0.25, 0.3) is 11.8 Å². The van der Waals surface area contributed by atoms with Gasteiger partial charge in [-0.3, -0.25) is 19.9 Å². The number of carbonyl (C=O) groups excluding carboxylic acids is 3. The first-order valence-electron chi connectivity index (χ1n) is 10.9. The van der Waals surface area contributed by atoms with E-state index in [2.05, 4.69) is 15.6 Å². The number of rotatable bonds is 5. The minimum absolute atomic E-state index is 0.183. The number of hydrogen-bond acceptors (Lipinski definition) is 5. The third-order valence-corrected chi connectivity index (χ3v) is 6.33. The predicted octanol–water partition coefficient (Wildman–Crippen LogP) is 3.47. The Kier molecular flexibility index (Phi) is 5.42. The molecule has 8 nitrogen and oxygen atoms in total. The summed E-state index contributed by atoms with van der Waals surface area (Å²) in [7, 11) is 1.48. The van der Waals surface area contributed by atoms with E-state index >= 15 is 0 Å². The van der Waals surface area contributed by atoms with Crippen LogP contribution in [0.3, 0.4) is 0 Å². The van der Waals surface area contributed by atoms with Crippen molar-refractivity contribution in [1.29, 1.82) is 0 Å². The number of benzene rings is 2. The highest BCUT2D eigenvalue weighted by atomic mass is 19.4. The quantitative estimate of drug-likeness (QED) is 0.527. The number of hydrogen-bond donors (Lipinski definition) is 2. The molecule has 1 unspecified atom stereocenters. The van der Waals surface area contributed by atoms with Crippen molar-refractivity contribution < 1.29 is 32.3 Å². The number of nitrogens with one attached hydrogen (secondary N) is 2. The van der Waals surface area contributed by atoms with Crippen LogP contribution in [0, 0.1) is 0 Å². The summed E-state index contributed by atoms with van der Waals surface area (Å²) in [4.78, 5) is 43.6. The van der Waals surface area contributed by atoms with Crippen LogP contribution >= 0.6 is 0 Å². The Labute approximate surface area is 203 Å². The fourth-order valence-corrected chi connectivity index (χ4v) is 4.56. The molecule has 2 aliphatic rings. The molecule has 1 saturated heterocycles. The van der Waals surface area contributed by atoms with Crippen molar-refractivity contribution in [2.75, 3.05) is 13.7 Å². The lowest BCUT2D eigenvalue weighted by Crippen LogP contribution is -2.52. The predicted molar refractivity (Wildman–Crippen MR) is 121 cm³/mol. The highest BCUT2D eigenvalue weighted by molar-refractivity contribution is 6.08. The van der Waals surface area contributed by atoms with Gasteiger partial charge in [-0.15, -0.1) is 0 Å². The van der Waals surface area contributed by atoms with Crippen LogP contribution in [-0.2, 0) is 23.1 Å². The third-order valence-electron chi connectivity index (χ3n) is 6.33. The zero-order chi connectivity index (χ0) is 25.7. The highest BCUT2D eigenvalue weighted by Crippen LogP contribution is 2.37. The van der Waals surface area contributed by atoms with Gasteiger partial charge in [-0.05, 0) is 35.4 Å². The molecule has 0 aliphatic carbocycles. The largest absolute Gasteiger partial charge is 0.497 e. The standard InChI is InChI=1S/C25H19F3N4O4/c1-36-17-9-6-15-12-32(21(33)18(15)11-17)13-24(22(34)30-23(35)31-24)16-7-4-14(5-8-16)20-19(25(26,27)28)3-2-10-29-20/h2-11H,12-13H2,1H3,(H2,30,31,34,35). The Hall–Kier alpha value is -4.41. The lowest BCUT2D eigenvalue weighted by molar-refractivity contribution is -0.137.